The average molecular weight is 401 g/mol. The molecule has 0 spiro atoms. The predicted octanol–water partition coefficient (Wildman–Crippen LogP) is 3.63. The summed E-state index contributed by atoms with van der Waals surface area (Å²) in [5.74, 6) is -1.37. The van der Waals surface area contributed by atoms with Crippen LogP contribution in [0.1, 0.15) is 12.2 Å². The maximum atomic E-state index is 13.3. The second-order valence-corrected chi connectivity index (χ2v) is 6.59. The van der Waals surface area contributed by atoms with Crippen molar-refractivity contribution in [2.45, 2.75) is 18.6 Å². The summed E-state index contributed by atoms with van der Waals surface area (Å²) in [6.07, 6.45) is -3.90. The number of fused-ring (bicyclic) bond motifs is 1. The first-order valence-electron chi connectivity index (χ1n) is 8.07. The number of benzene rings is 1. The first-order valence-corrected chi connectivity index (χ1v) is 8.45. The Balaban J connectivity index is 1.50. The van der Waals surface area contributed by atoms with Gasteiger partial charge in [0.25, 0.3) is 5.82 Å². The van der Waals surface area contributed by atoms with E-state index in [1.807, 2.05) is 4.90 Å². The SMILES string of the molecule is Fc1ccc(N2CCC(Nc3ccc4nnc(C(F)(F)F)n4n3)C2)cc1Cl. The van der Waals surface area contributed by atoms with Gasteiger partial charge >= 0.3 is 6.18 Å². The Morgan fingerprint density at radius 3 is 2.70 bits per heavy atom. The summed E-state index contributed by atoms with van der Waals surface area (Å²) >= 11 is 5.82. The molecular formula is C16H13ClF4N6. The largest absolute Gasteiger partial charge is 0.453 e. The number of rotatable bonds is 3. The van der Waals surface area contributed by atoms with Gasteiger partial charge in [-0.2, -0.15) is 17.7 Å². The molecule has 0 bridgehead atoms. The molecular weight excluding hydrogens is 388 g/mol. The van der Waals surface area contributed by atoms with Crippen molar-refractivity contribution in [3.63, 3.8) is 0 Å². The van der Waals surface area contributed by atoms with Gasteiger partial charge in [-0.05, 0) is 36.8 Å². The molecule has 0 saturated carbocycles. The maximum Gasteiger partial charge on any atom is 0.453 e. The van der Waals surface area contributed by atoms with E-state index in [0.29, 0.717) is 17.6 Å². The number of nitrogens with one attached hydrogen (secondary N) is 1. The minimum Gasteiger partial charge on any atom is -0.369 e. The van der Waals surface area contributed by atoms with Crippen LogP contribution in [-0.4, -0.2) is 38.9 Å². The lowest BCUT2D eigenvalue weighted by molar-refractivity contribution is -0.146. The highest BCUT2D eigenvalue weighted by atomic mass is 35.5. The van der Waals surface area contributed by atoms with Crippen LogP contribution in [-0.2, 0) is 6.18 Å². The van der Waals surface area contributed by atoms with Crippen LogP contribution in [0.5, 0.6) is 0 Å². The first-order chi connectivity index (χ1) is 12.8. The third kappa shape index (κ3) is 3.48. The second kappa shape index (κ2) is 6.52. The van der Waals surface area contributed by atoms with E-state index < -0.39 is 17.8 Å². The Kier molecular flexibility index (Phi) is 4.29. The van der Waals surface area contributed by atoms with Crippen LogP contribution in [0.3, 0.4) is 0 Å². The molecule has 3 heterocycles. The topological polar surface area (TPSA) is 58.3 Å². The molecule has 1 aliphatic rings. The molecule has 0 aliphatic carbocycles. The van der Waals surface area contributed by atoms with Gasteiger partial charge in [-0.3, -0.25) is 0 Å². The van der Waals surface area contributed by atoms with Gasteiger partial charge in [0.15, 0.2) is 5.65 Å². The van der Waals surface area contributed by atoms with Crippen LogP contribution in [0, 0.1) is 5.82 Å². The van der Waals surface area contributed by atoms with Crippen molar-refractivity contribution in [3.8, 4) is 0 Å². The number of halogens is 5. The van der Waals surface area contributed by atoms with Crippen LogP contribution in [0.2, 0.25) is 5.02 Å². The van der Waals surface area contributed by atoms with Crippen molar-refractivity contribution in [2.24, 2.45) is 0 Å². The third-order valence-corrected chi connectivity index (χ3v) is 4.61. The lowest BCUT2D eigenvalue weighted by atomic mass is 10.2. The van der Waals surface area contributed by atoms with Crippen molar-refractivity contribution in [2.75, 3.05) is 23.3 Å². The lowest BCUT2D eigenvalue weighted by Gasteiger charge is -2.19. The Morgan fingerprint density at radius 1 is 1.15 bits per heavy atom. The second-order valence-electron chi connectivity index (χ2n) is 6.18. The van der Waals surface area contributed by atoms with Crippen LogP contribution in [0.25, 0.3) is 5.65 Å². The number of hydrogen-bond acceptors (Lipinski definition) is 5. The Bertz CT molecular complexity index is 989. The highest BCUT2D eigenvalue weighted by Crippen LogP contribution is 2.29. The fourth-order valence-electron chi connectivity index (χ4n) is 3.05. The number of anilines is 2. The van der Waals surface area contributed by atoms with E-state index in [2.05, 4.69) is 20.6 Å². The van der Waals surface area contributed by atoms with Gasteiger partial charge in [0.1, 0.15) is 11.6 Å². The quantitative estimate of drug-likeness (QED) is 0.680. The first kappa shape index (κ1) is 17.8. The molecule has 1 aromatic carbocycles. The standard InChI is InChI=1S/C16H13ClF4N6/c17-11-7-10(1-2-12(11)18)26-6-5-9(8-26)22-13-3-4-14-23-24-15(16(19,20)21)27(14)25-13/h1-4,7,9H,5-6,8H2,(H,22,25). The summed E-state index contributed by atoms with van der Waals surface area (Å²) in [6, 6.07) is 7.44. The molecule has 0 amide bonds. The maximum absolute atomic E-state index is 13.3. The summed E-state index contributed by atoms with van der Waals surface area (Å²) < 4.78 is 52.9. The summed E-state index contributed by atoms with van der Waals surface area (Å²) in [7, 11) is 0. The van der Waals surface area contributed by atoms with E-state index >= 15 is 0 Å². The molecule has 1 atom stereocenters. The molecule has 3 aromatic rings. The van der Waals surface area contributed by atoms with Gasteiger partial charge < -0.3 is 10.2 Å². The Hall–Kier alpha value is -2.62. The third-order valence-electron chi connectivity index (χ3n) is 4.32. The fraction of sp³-hybridized carbons (Fsp3) is 0.312. The van der Waals surface area contributed by atoms with Crippen molar-refractivity contribution >= 4 is 28.8 Å². The molecule has 6 nitrogen and oxygen atoms in total. The monoisotopic (exact) mass is 400 g/mol. The lowest BCUT2D eigenvalue weighted by Crippen LogP contribution is -2.26. The molecule has 1 N–H and O–H groups in total. The Morgan fingerprint density at radius 2 is 1.96 bits per heavy atom. The van der Waals surface area contributed by atoms with Crippen molar-refractivity contribution < 1.29 is 17.6 Å². The van der Waals surface area contributed by atoms with Crippen molar-refractivity contribution in [1.82, 2.24) is 19.8 Å². The van der Waals surface area contributed by atoms with Crippen LogP contribution in [0.4, 0.5) is 29.1 Å². The normalized spacial score (nSPS) is 17.7. The predicted molar refractivity (Wildman–Crippen MR) is 91.4 cm³/mol. The van der Waals surface area contributed by atoms with Crippen molar-refractivity contribution in [3.05, 3.63) is 47.0 Å². The molecule has 142 valence electrons. The van der Waals surface area contributed by atoms with Gasteiger partial charge in [-0.1, -0.05) is 11.6 Å². The molecule has 1 fully saturated rings. The zero-order chi connectivity index (χ0) is 19.2. The molecule has 27 heavy (non-hydrogen) atoms. The van der Waals surface area contributed by atoms with Crippen LogP contribution < -0.4 is 10.2 Å². The summed E-state index contributed by atoms with van der Waals surface area (Å²) in [4.78, 5) is 2.02. The Labute approximate surface area is 155 Å². The zero-order valence-corrected chi connectivity index (χ0v) is 14.5. The summed E-state index contributed by atoms with van der Waals surface area (Å²) in [5.41, 5.74) is 0.800. The van der Waals surface area contributed by atoms with Crippen molar-refractivity contribution in [1.29, 1.82) is 0 Å². The van der Waals surface area contributed by atoms with E-state index in [1.165, 1.54) is 12.1 Å². The molecule has 1 aliphatic heterocycles. The molecule has 1 saturated heterocycles. The number of aromatic nitrogens is 4. The fourth-order valence-corrected chi connectivity index (χ4v) is 3.22. The molecule has 0 radical (unpaired) electrons. The number of hydrogen-bond donors (Lipinski definition) is 1. The molecule has 4 rings (SSSR count). The van der Waals surface area contributed by atoms with E-state index in [1.54, 1.807) is 18.2 Å². The highest BCUT2D eigenvalue weighted by Gasteiger charge is 2.37. The zero-order valence-electron chi connectivity index (χ0n) is 13.7. The molecule has 11 heteroatoms. The van der Waals surface area contributed by atoms with Gasteiger partial charge in [0.2, 0.25) is 0 Å². The minimum absolute atomic E-state index is 0.0156. The smallest absolute Gasteiger partial charge is 0.369 e. The van der Waals surface area contributed by atoms with Crippen LogP contribution >= 0.6 is 11.6 Å². The minimum atomic E-state index is -4.64. The summed E-state index contributed by atoms with van der Waals surface area (Å²) in [6.45, 7) is 1.28. The molecule has 1 unspecified atom stereocenters. The van der Waals surface area contributed by atoms with Gasteiger partial charge in [-0.25, -0.2) is 4.39 Å². The van der Waals surface area contributed by atoms with E-state index in [4.69, 9.17) is 11.6 Å². The van der Waals surface area contributed by atoms with E-state index in [9.17, 15) is 17.6 Å². The summed E-state index contributed by atoms with van der Waals surface area (Å²) in [5, 5.41) is 13.8. The number of nitrogens with zero attached hydrogens (tertiary/aromatic N) is 5. The van der Waals surface area contributed by atoms with Gasteiger partial charge in [-0.15, -0.1) is 15.3 Å². The van der Waals surface area contributed by atoms with E-state index in [0.717, 1.165) is 12.1 Å². The van der Waals surface area contributed by atoms with E-state index in [-0.39, 0.29) is 22.5 Å². The highest BCUT2D eigenvalue weighted by molar-refractivity contribution is 6.31. The average Bonchev–Trinajstić information content (AvgIpc) is 3.23. The van der Waals surface area contributed by atoms with Gasteiger partial charge in [0.05, 0.1) is 5.02 Å². The molecule has 2 aromatic heterocycles. The number of alkyl halides is 3. The van der Waals surface area contributed by atoms with Crippen LogP contribution in [0.15, 0.2) is 30.3 Å². The van der Waals surface area contributed by atoms with Gasteiger partial charge in [0, 0.05) is 24.8 Å².